The number of hydrogen-bond donors (Lipinski definition) is 1. The molecular formula is C13H11N3O2S. The van der Waals surface area contributed by atoms with E-state index in [1.165, 1.54) is 18.3 Å². The van der Waals surface area contributed by atoms with Crippen molar-refractivity contribution in [2.45, 2.75) is 6.92 Å². The molecule has 6 heteroatoms. The molecule has 0 aliphatic rings. The van der Waals surface area contributed by atoms with Crippen LogP contribution in [0.3, 0.4) is 0 Å². The van der Waals surface area contributed by atoms with Crippen molar-refractivity contribution < 1.29 is 9.59 Å². The molecule has 0 aliphatic carbocycles. The Hall–Kier alpha value is -2.34. The van der Waals surface area contributed by atoms with Crippen molar-refractivity contribution in [2.75, 3.05) is 5.43 Å². The maximum absolute atomic E-state index is 12.1. The predicted octanol–water partition coefficient (Wildman–Crippen LogP) is 2.38. The molecule has 0 bridgehead atoms. The molecule has 0 amide bonds. The van der Waals surface area contributed by atoms with E-state index in [4.69, 9.17) is 0 Å². The monoisotopic (exact) mass is 273 g/mol. The number of hydrogen-bond acceptors (Lipinski definition) is 6. The standard InChI is InChI=1S/C13H11N3O2S/c1-9(17)11(15-16-13-14-7-8-19-13)12(18)10-5-3-2-4-6-10/h2-8H,1H3,(H,14,16)/b15-11-. The molecule has 5 nitrogen and oxygen atoms in total. The zero-order valence-electron chi connectivity index (χ0n) is 10.2. The van der Waals surface area contributed by atoms with Gasteiger partial charge >= 0.3 is 0 Å². The fourth-order valence-corrected chi connectivity index (χ4v) is 1.87. The van der Waals surface area contributed by atoms with Crippen LogP contribution in [0.5, 0.6) is 0 Å². The molecule has 0 spiro atoms. The summed E-state index contributed by atoms with van der Waals surface area (Å²) in [6.07, 6.45) is 1.61. The Morgan fingerprint density at radius 3 is 2.58 bits per heavy atom. The summed E-state index contributed by atoms with van der Waals surface area (Å²) in [5.74, 6) is -0.796. The van der Waals surface area contributed by atoms with E-state index in [-0.39, 0.29) is 5.71 Å². The van der Waals surface area contributed by atoms with Crippen LogP contribution in [-0.2, 0) is 4.79 Å². The fraction of sp³-hybridized carbons (Fsp3) is 0.0769. The summed E-state index contributed by atoms with van der Waals surface area (Å²) in [5.41, 5.74) is 2.90. The Kier molecular flexibility index (Phi) is 4.15. The first kappa shape index (κ1) is 13.1. The van der Waals surface area contributed by atoms with Gasteiger partial charge in [0.25, 0.3) is 0 Å². The Labute approximate surface area is 114 Å². The van der Waals surface area contributed by atoms with Gasteiger partial charge in [-0.25, -0.2) is 4.98 Å². The molecule has 0 saturated carbocycles. The number of carbonyl (C=O) groups excluding carboxylic acids is 2. The number of hydrazone groups is 1. The Morgan fingerprint density at radius 2 is 2.00 bits per heavy atom. The molecule has 0 fully saturated rings. The van der Waals surface area contributed by atoms with Crippen molar-refractivity contribution in [2.24, 2.45) is 5.10 Å². The number of carbonyl (C=O) groups is 2. The third-order valence-electron chi connectivity index (χ3n) is 2.28. The fourth-order valence-electron chi connectivity index (χ4n) is 1.40. The van der Waals surface area contributed by atoms with E-state index in [1.807, 2.05) is 0 Å². The predicted molar refractivity (Wildman–Crippen MR) is 74.6 cm³/mol. The summed E-state index contributed by atoms with van der Waals surface area (Å²) in [5, 5.41) is 6.15. The number of Topliss-reactive ketones (excluding diaryl/α,β-unsaturated/α-hetero) is 2. The normalized spacial score (nSPS) is 11.1. The Bertz CT molecular complexity index is 606. The van der Waals surface area contributed by atoms with Gasteiger partial charge in [0.2, 0.25) is 10.9 Å². The molecule has 0 radical (unpaired) electrons. The number of nitrogens with one attached hydrogen (secondary N) is 1. The van der Waals surface area contributed by atoms with Crippen LogP contribution in [0.1, 0.15) is 17.3 Å². The number of anilines is 1. The zero-order chi connectivity index (χ0) is 13.7. The van der Waals surface area contributed by atoms with Crippen molar-refractivity contribution in [1.82, 2.24) is 4.98 Å². The molecule has 2 rings (SSSR count). The second-order valence-corrected chi connectivity index (χ2v) is 4.56. The number of aromatic nitrogens is 1. The number of benzene rings is 1. The zero-order valence-corrected chi connectivity index (χ0v) is 11.0. The molecule has 1 heterocycles. The van der Waals surface area contributed by atoms with Gasteiger partial charge in [-0.05, 0) is 0 Å². The summed E-state index contributed by atoms with van der Waals surface area (Å²) in [6, 6.07) is 8.56. The first-order valence-electron chi connectivity index (χ1n) is 5.52. The van der Waals surface area contributed by atoms with Gasteiger partial charge in [0.05, 0.1) is 0 Å². The first-order chi connectivity index (χ1) is 9.18. The Morgan fingerprint density at radius 1 is 1.26 bits per heavy atom. The van der Waals surface area contributed by atoms with Crippen molar-refractivity contribution in [3.8, 4) is 0 Å². The highest BCUT2D eigenvalue weighted by Gasteiger charge is 2.18. The lowest BCUT2D eigenvalue weighted by molar-refractivity contribution is -0.110. The van der Waals surface area contributed by atoms with Gasteiger partial charge in [0.1, 0.15) is 0 Å². The van der Waals surface area contributed by atoms with E-state index in [9.17, 15) is 9.59 Å². The van der Waals surface area contributed by atoms with E-state index in [2.05, 4.69) is 15.5 Å². The van der Waals surface area contributed by atoms with E-state index >= 15 is 0 Å². The number of rotatable bonds is 5. The highest BCUT2D eigenvalue weighted by molar-refractivity contribution is 7.13. The van der Waals surface area contributed by atoms with E-state index in [1.54, 1.807) is 41.9 Å². The van der Waals surface area contributed by atoms with Crippen molar-refractivity contribution >= 4 is 33.7 Å². The Balaban J connectivity index is 2.23. The average molecular weight is 273 g/mol. The lowest BCUT2D eigenvalue weighted by Crippen LogP contribution is -2.23. The average Bonchev–Trinajstić information content (AvgIpc) is 2.92. The van der Waals surface area contributed by atoms with Gasteiger partial charge in [0.15, 0.2) is 11.5 Å². The van der Waals surface area contributed by atoms with Crippen molar-refractivity contribution in [3.63, 3.8) is 0 Å². The number of thiazole rings is 1. The number of ketones is 2. The maximum atomic E-state index is 12.1. The summed E-state index contributed by atoms with van der Waals surface area (Å²) < 4.78 is 0. The van der Waals surface area contributed by atoms with Crippen LogP contribution < -0.4 is 5.43 Å². The molecule has 1 aromatic carbocycles. The summed E-state index contributed by atoms with van der Waals surface area (Å²) in [7, 11) is 0. The molecule has 0 atom stereocenters. The summed E-state index contributed by atoms with van der Waals surface area (Å²) in [4.78, 5) is 27.6. The smallest absolute Gasteiger partial charge is 0.216 e. The van der Waals surface area contributed by atoms with Crippen LogP contribution in [0.4, 0.5) is 5.13 Å². The quantitative estimate of drug-likeness (QED) is 0.393. The van der Waals surface area contributed by atoms with Gasteiger partial charge in [0, 0.05) is 24.1 Å². The second kappa shape index (κ2) is 6.01. The molecule has 0 aliphatic heterocycles. The van der Waals surface area contributed by atoms with Crippen molar-refractivity contribution in [1.29, 1.82) is 0 Å². The van der Waals surface area contributed by atoms with Crippen LogP contribution in [-0.4, -0.2) is 22.3 Å². The molecule has 96 valence electrons. The largest absolute Gasteiger partial charge is 0.293 e. The third-order valence-corrected chi connectivity index (χ3v) is 2.96. The highest BCUT2D eigenvalue weighted by atomic mass is 32.1. The van der Waals surface area contributed by atoms with Gasteiger partial charge in [-0.15, -0.1) is 11.3 Å². The number of nitrogens with zero attached hydrogens (tertiary/aromatic N) is 2. The lowest BCUT2D eigenvalue weighted by Gasteiger charge is -2.02. The van der Waals surface area contributed by atoms with Crippen LogP contribution in [0.2, 0.25) is 0 Å². The van der Waals surface area contributed by atoms with E-state index in [0.717, 1.165) is 0 Å². The van der Waals surface area contributed by atoms with Crippen LogP contribution in [0.15, 0.2) is 47.0 Å². The molecule has 1 aromatic heterocycles. The van der Waals surface area contributed by atoms with Gasteiger partial charge in [-0.1, -0.05) is 30.3 Å². The lowest BCUT2D eigenvalue weighted by atomic mass is 10.1. The van der Waals surface area contributed by atoms with E-state index in [0.29, 0.717) is 10.7 Å². The highest BCUT2D eigenvalue weighted by Crippen LogP contribution is 2.10. The molecular weight excluding hydrogens is 262 g/mol. The van der Waals surface area contributed by atoms with E-state index < -0.39 is 11.6 Å². The third kappa shape index (κ3) is 3.32. The first-order valence-corrected chi connectivity index (χ1v) is 6.40. The summed E-state index contributed by atoms with van der Waals surface area (Å²) >= 11 is 1.33. The topological polar surface area (TPSA) is 71.4 Å². The molecule has 2 aromatic rings. The second-order valence-electron chi connectivity index (χ2n) is 3.66. The van der Waals surface area contributed by atoms with Crippen LogP contribution in [0, 0.1) is 0 Å². The van der Waals surface area contributed by atoms with Crippen LogP contribution in [0.25, 0.3) is 0 Å². The molecule has 0 unspecified atom stereocenters. The van der Waals surface area contributed by atoms with Gasteiger partial charge in [-0.3, -0.25) is 15.0 Å². The maximum Gasteiger partial charge on any atom is 0.216 e. The van der Waals surface area contributed by atoms with Gasteiger partial charge in [-0.2, -0.15) is 5.10 Å². The SMILES string of the molecule is CC(=O)/C(=N/Nc1nccs1)C(=O)c1ccccc1. The minimum atomic E-state index is -0.405. The molecule has 1 N–H and O–H groups in total. The molecule has 19 heavy (non-hydrogen) atoms. The minimum Gasteiger partial charge on any atom is -0.293 e. The molecule has 0 saturated heterocycles. The van der Waals surface area contributed by atoms with Crippen LogP contribution >= 0.6 is 11.3 Å². The minimum absolute atomic E-state index is 0.138. The summed E-state index contributed by atoms with van der Waals surface area (Å²) in [6.45, 7) is 1.31. The van der Waals surface area contributed by atoms with Crippen molar-refractivity contribution in [3.05, 3.63) is 47.5 Å². The van der Waals surface area contributed by atoms with Gasteiger partial charge < -0.3 is 0 Å².